The van der Waals surface area contributed by atoms with Gasteiger partial charge >= 0.3 is 0 Å². The van der Waals surface area contributed by atoms with Crippen molar-refractivity contribution < 1.29 is 5.11 Å². The van der Waals surface area contributed by atoms with E-state index >= 15 is 0 Å². The molecular weight excluding hydrogens is 306 g/mol. The maximum Gasteiger partial charge on any atom is 0.203 e. The van der Waals surface area contributed by atoms with Crippen LogP contribution in [-0.2, 0) is 5.41 Å². The van der Waals surface area contributed by atoms with Gasteiger partial charge in [-0.05, 0) is 37.0 Å². The van der Waals surface area contributed by atoms with E-state index in [0.29, 0.717) is 0 Å². The molecule has 0 aliphatic heterocycles. The Labute approximate surface area is 141 Å². The zero-order valence-corrected chi connectivity index (χ0v) is 14.3. The van der Waals surface area contributed by atoms with Crippen molar-refractivity contribution in [1.82, 2.24) is 4.98 Å². The molecule has 0 saturated heterocycles. The van der Waals surface area contributed by atoms with Gasteiger partial charge in [0.1, 0.15) is 0 Å². The van der Waals surface area contributed by atoms with Gasteiger partial charge in [-0.15, -0.1) is 11.3 Å². The zero-order chi connectivity index (χ0) is 16.1. The van der Waals surface area contributed by atoms with Crippen LogP contribution in [0.5, 0.6) is 0 Å². The minimum absolute atomic E-state index is 0.0675. The molecule has 122 valence electrons. The number of benzene rings is 1. The van der Waals surface area contributed by atoms with Crippen molar-refractivity contribution in [2.24, 2.45) is 5.10 Å². The molecular formula is C18H23N3OS. The predicted molar refractivity (Wildman–Crippen MR) is 96.4 cm³/mol. The van der Waals surface area contributed by atoms with Gasteiger partial charge in [-0.3, -0.25) is 5.43 Å². The monoisotopic (exact) mass is 329 g/mol. The molecule has 1 saturated carbocycles. The molecule has 1 aliphatic carbocycles. The quantitative estimate of drug-likeness (QED) is 0.641. The Morgan fingerprint density at radius 1 is 1.35 bits per heavy atom. The normalized spacial score (nSPS) is 17.5. The van der Waals surface area contributed by atoms with E-state index in [1.54, 1.807) is 11.3 Å². The Morgan fingerprint density at radius 2 is 2.17 bits per heavy atom. The minimum atomic E-state index is -0.0675. The Hall–Kier alpha value is -1.72. The minimum Gasteiger partial charge on any atom is -0.395 e. The summed E-state index contributed by atoms with van der Waals surface area (Å²) in [5, 5.41) is 17.0. The molecule has 4 nitrogen and oxygen atoms in total. The maximum absolute atomic E-state index is 9.96. The van der Waals surface area contributed by atoms with Gasteiger partial charge in [0.2, 0.25) is 5.13 Å². The van der Waals surface area contributed by atoms with E-state index in [1.807, 2.05) is 24.6 Å². The molecule has 0 atom stereocenters. The molecule has 0 radical (unpaired) electrons. The topological polar surface area (TPSA) is 57.5 Å². The number of hydrogen-bond donors (Lipinski definition) is 2. The second-order valence-electron chi connectivity index (χ2n) is 6.29. The summed E-state index contributed by atoms with van der Waals surface area (Å²) in [5.74, 6) is 0. The number of nitrogens with zero attached hydrogens (tertiary/aromatic N) is 2. The molecule has 5 heteroatoms. The molecule has 0 bridgehead atoms. The van der Waals surface area contributed by atoms with Crippen LogP contribution in [0.3, 0.4) is 0 Å². The summed E-state index contributed by atoms with van der Waals surface area (Å²) in [6.07, 6.45) is 7.63. The van der Waals surface area contributed by atoms with Crippen LogP contribution in [0.4, 0.5) is 5.13 Å². The molecule has 0 unspecified atom stereocenters. The van der Waals surface area contributed by atoms with Crippen LogP contribution in [0.25, 0.3) is 0 Å². The van der Waals surface area contributed by atoms with Gasteiger partial charge in [-0.1, -0.05) is 37.5 Å². The van der Waals surface area contributed by atoms with Gasteiger partial charge in [-0.2, -0.15) is 5.10 Å². The lowest BCUT2D eigenvalue weighted by Gasteiger charge is -2.36. The molecule has 0 amide bonds. The summed E-state index contributed by atoms with van der Waals surface area (Å²) in [6, 6.07) is 8.38. The number of thiazole rings is 1. The van der Waals surface area contributed by atoms with Crippen LogP contribution in [0.15, 0.2) is 34.7 Å². The third-order valence-corrected chi connectivity index (χ3v) is 5.47. The van der Waals surface area contributed by atoms with Gasteiger partial charge < -0.3 is 5.11 Å². The van der Waals surface area contributed by atoms with E-state index in [-0.39, 0.29) is 12.0 Å². The van der Waals surface area contributed by atoms with Crippen molar-refractivity contribution >= 4 is 22.7 Å². The number of aryl methyl sites for hydroxylation is 1. The Kier molecular flexibility index (Phi) is 5.08. The number of aliphatic hydroxyl groups excluding tert-OH is 1. The lowest BCUT2D eigenvalue weighted by molar-refractivity contribution is 0.152. The van der Waals surface area contributed by atoms with Crippen molar-refractivity contribution in [3.8, 4) is 0 Å². The first-order chi connectivity index (χ1) is 11.2. The SMILES string of the molecule is Cc1csc(NN=Cc2cccc(C3(CO)CCCCC3)c2)n1. The van der Waals surface area contributed by atoms with Crippen LogP contribution in [-0.4, -0.2) is 22.9 Å². The van der Waals surface area contributed by atoms with Crippen molar-refractivity contribution in [2.75, 3.05) is 12.0 Å². The number of rotatable bonds is 5. The summed E-state index contributed by atoms with van der Waals surface area (Å²) in [4.78, 5) is 4.32. The van der Waals surface area contributed by atoms with Gasteiger partial charge in [0.25, 0.3) is 0 Å². The average Bonchev–Trinajstić information content (AvgIpc) is 3.01. The largest absolute Gasteiger partial charge is 0.395 e. The Morgan fingerprint density at radius 3 is 2.87 bits per heavy atom. The lowest BCUT2D eigenvalue weighted by Crippen LogP contribution is -2.33. The summed E-state index contributed by atoms with van der Waals surface area (Å²) in [6.45, 7) is 2.19. The number of aliphatic hydroxyl groups is 1. The highest BCUT2D eigenvalue weighted by Crippen LogP contribution is 2.39. The fourth-order valence-electron chi connectivity index (χ4n) is 3.28. The smallest absolute Gasteiger partial charge is 0.203 e. The molecule has 0 spiro atoms. The second-order valence-corrected chi connectivity index (χ2v) is 7.15. The fraction of sp³-hybridized carbons (Fsp3) is 0.444. The van der Waals surface area contributed by atoms with Gasteiger partial charge in [-0.25, -0.2) is 4.98 Å². The molecule has 1 heterocycles. The third-order valence-electron chi connectivity index (χ3n) is 4.61. The first-order valence-electron chi connectivity index (χ1n) is 8.14. The molecule has 2 N–H and O–H groups in total. The van der Waals surface area contributed by atoms with Crippen molar-refractivity contribution in [1.29, 1.82) is 0 Å². The molecule has 3 rings (SSSR count). The summed E-state index contributed by atoms with van der Waals surface area (Å²) in [5.41, 5.74) is 6.17. The molecule has 1 aromatic carbocycles. The van der Waals surface area contributed by atoms with Crippen molar-refractivity contribution in [3.05, 3.63) is 46.5 Å². The standard InChI is InChI=1S/C18H23N3OS/c1-14-12-23-17(20-14)21-19-11-15-6-5-7-16(10-15)18(13-22)8-3-2-4-9-18/h5-7,10-12,22H,2-4,8-9,13H2,1H3,(H,20,21). The lowest BCUT2D eigenvalue weighted by atomic mass is 9.70. The maximum atomic E-state index is 9.96. The molecule has 2 aromatic rings. The molecule has 1 fully saturated rings. The third kappa shape index (κ3) is 3.79. The second kappa shape index (κ2) is 7.23. The number of nitrogens with one attached hydrogen (secondary N) is 1. The molecule has 23 heavy (non-hydrogen) atoms. The van der Waals surface area contributed by atoms with Crippen molar-refractivity contribution in [3.63, 3.8) is 0 Å². The highest BCUT2D eigenvalue weighted by atomic mass is 32.1. The van der Waals surface area contributed by atoms with Crippen LogP contribution < -0.4 is 5.43 Å². The van der Waals surface area contributed by atoms with Crippen molar-refractivity contribution in [2.45, 2.75) is 44.4 Å². The molecule has 1 aliphatic rings. The first kappa shape index (κ1) is 16.1. The fourth-order valence-corrected chi connectivity index (χ4v) is 3.92. The van der Waals surface area contributed by atoms with Crippen LogP contribution in [0.2, 0.25) is 0 Å². The van der Waals surface area contributed by atoms with Gasteiger partial charge in [0.15, 0.2) is 0 Å². The average molecular weight is 329 g/mol. The van der Waals surface area contributed by atoms with Crippen LogP contribution in [0.1, 0.15) is 48.9 Å². The Bertz CT molecular complexity index is 674. The van der Waals surface area contributed by atoms with Gasteiger partial charge in [0.05, 0.1) is 18.5 Å². The van der Waals surface area contributed by atoms with Crippen LogP contribution in [0, 0.1) is 6.92 Å². The highest BCUT2D eigenvalue weighted by molar-refractivity contribution is 7.13. The summed E-state index contributed by atoms with van der Waals surface area (Å²) < 4.78 is 0. The van der Waals surface area contributed by atoms with Crippen LogP contribution >= 0.6 is 11.3 Å². The van der Waals surface area contributed by atoms with E-state index in [1.165, 1.54) is 24.8 Å². The number of hydrogen-bond acceptors (Lipinski definition) is 5. The number of hydrazone groups is 1. The van der Waals surface area contributed by atoms with E-state index in [9.17, 15) is 5.11 Å². The highest BCUT2D eigenvalue weighted by Gasteiger charge is 2.33. The van der Waals surface area contributed by atoms with E-state index in [2.05, 4.69) is 33.7 Å². The first-order valence-corrected chi connectivity index (χ1v) is 9.02. The van der Waals surface area contributed by atoms with E-state index in [4.69, 9.17) is 0 Å². The summed E-state index contributed by atoms with van der Waals surface area (Å²) in [7, 11) is 0. The van der Waals surface area contributed by atoms with E-state index < -0.39 is 0 Å². The number of anilines is 1. The number of aromatic nitrogens is 1. The van der Waals surface area contributed by atoms with E-state index in [0.717, 1.165) is 29.2 Å². The Balaban J connectivity index is 1.74. The zero-order valence-electron chi connectivity index (χ0n) is 13.5. The van der Waals surface area contributed by atoms with Gasteiger partial charge in [0, 0.05) is 10.8 Å². The predicted octanol–water partition coefficient (Wildman–Crippen LogP) is 4.09. The molecule has 1 aromatic heterocycles. The summed E-state index contributed by atoms with van der Waals surface area (Å²) >= 11 is 1.54.